The Bertz CT molecular complexity index is 885. The second-order valence-electron chi connectivity index (χ2n) is 6.69. The normalized spacial score (nSPS) is 12.5. The van der Waals surface area contributed by atoms with Crippen molar-refractivity contribution >= 4 is 18.4 Å². The summed E-state index contributed by atoms with van der Waals surface area (Å²) in [6, 6.07) is 0.840. The molecule has 1 atom stereocenters. The zero-order valence-corrected chi connectivity index (χ0v) is 15.9. The summed E-state index contributed by atoms with van der Waals surface area (Å²) in [7, 11) is 1.42. The van der Waals surface area contributed by atoms with Crippen LogP contribution < -0.4 is 11.4 Å². The molecule has 1 aromatic carbocycles. The molecule has 1 heterocycles. The molecule has 10 heteroatoms. The van der Waals surface area contributed by atoms with Crippen molar-refractivity contribution in [3.05, 3.63) is 45.6 Å². The molecule has 0 saturated carbocycles. The molecule has 0 aliphatic rings. The number of carbonyl (C=O) groups excluding carboxylic acids is 1. The number of ether oxygens (including phenoxy) is 1. The van der Waals surface area contributed by atoms with E-state index in [9.17, 15) is 18.4 Å². The molecule has 7 nitrogen and oxygen atoms in total. The molecule has 2 rings (SSSR count). The topological polar surface area (TPSA) is 92.1 Å². The Balaban J connectivity index is 0.00000338. The molecule has 0 amide bonds. The third-order valence-corrected chi connectivity index (χ3v) is 3.30. The van der Waals surface area contributed by atoms with Gasteiger partial charge in [-0.3, -0.25) is 4.57 Å². The number of halogens is 3. The number of aromatic nitrogens is 3. The van der Waals surface area contributed by atoms with Crippen molar-refractivity contribution in [1.29, 1.82) is 0 Å². The maximum atomic E-state index is 14.4. The molecule has 0 saturated heterocycles. The van der Waals surface area contributed by atoms with E-state index in [-0.39, 0.29) is 18.2 Å². The predicted octanol–water partition coefficient (Wildman–Crippen LogP) is 2.25. The molecule has 144 valence electrons. The zero-order chi connectivity index (χ0) is 19.1. The standard InChI is InChI=1S/C16H20F2N4O3.ClH/c1-8(19)13-20-22(15(24)21(13)5)12-7-10(17)9(6-11(12)18)14(23)25-16(2,3)4;/h6-8H,19H2,1-5H3;1H. The van der Waals surface area contributed by atoms with Crippen LogP contribution in [0.5, 0.6) is 0 Å². The van der Waals surface area contributed by atoms with E-state index in [1.54, 1.807) is 27.7 Å². The largest absolute Gasteiger partial charge is 0.456 e. The summed E-state index contributed by atoms with van der Waals surface area (Å²) >= 11 is 0. The lowest BCUT2D eigenvalue weighted by molar-refractivity contribution is 0.00641. The van der Waals surface area contributed by atoms with Gasteiger partial charge in [0.25, 0.3) is 0 Å². The summed E-state index contributed by atoms with van der Waals surface area (Å²) < 4.78 is 35.6. The first-order valence-corrected chi connectivity index (χ1v) is 7.56. The number of rotatable bonds is 3. The van der Waals surface area contributed by atoms with E-state index in [1.807, 2.05) is 0 Å². The fraction of sp³-hybridized carbons (Fsp3) is 0.438. The van der Waals surface area contributed by atoms with Gasteiger partial charge in [-0.1, -0.05) is 0 Å². The van der Waals surface area contributed by atoms with Crippen LogP contribution in [0.25, 0.3) is 5.69 Å². The quantitative estimate of drug-likeness (QED) is 0.811. The SMILES string of the molecule is CC(N)c1nn(-c2cc(F)c(C(=O)OC(C)(C)C)cc2F)c(=O)n1C.Cl. The molecule has 0 spiro atoms. The van der Waals surface area contributed by atoms with Crippen LogP contribution in [0.3, 0.4) is 0 Å². The monoisotopic (exact) mass is 390 g/mol. The van der Waals surface area contributed by atoms with Gasteiger partial charge in [0, 0.05) is 13.1 Å². The van der Waals surface area contributed by atoms with Crippen LogP contribution in [0.4, 0.5) is 8.78 Å². The van der Waals surface area contributed by atoms with Crippen LogP contribution >= 0.6 is 12.4 Å². The highest BCUT2D eigenvalue weighted by Gasteiger charge is 2.24. The molecule has 0 bridgehead atoms. The summed E-state index contributed by atoms with van der Waals surface area (Å²) in [5, 5.41) is 3.93. The number of hydrogen-bond acceptors (Lipinski definition) is 5. The molecule has 0 aliphatic carbocycles. The summed E-state index contributed by atoms with van der Waals surface area (Å²) in [5.74, 6) is -2.80. The van der Waals surface area contributed by atoms with Crippen LogP contribution in [-0.4, -0.2) is 25.9 Å². The first-order chi connectivity index (χ1) is 11.4. The Morgan fingerprint density at radius 1 is 1.27 bits per heavy atom. The van der Waals surface area contributed by atoms with Crippen molar-refractivity contribution in [3.8, 4) is 5.69 Å². The predicted molar refractivity (Wildman–Crippen MR) is 93.7 cm³/mol. The van der Waals surface area contributed by atoms with Crippen LogP contribution in [0.2, 0.25) is 0 Å². The number of carbonyl (C=O) groups is 1. The average molecular weight is 391 g/mol. The van der Waals surface area contributed by atoms with Crippen LogP contribution in [0, 0.1) is 11.6 Å². The van der Waals surface area contributed by atoms with Gasteiger partial charge in [0.2, 0.25) is 0 Å². The van der Waals surface area contributed by atoms with Gasteiger partial charge in [-0.25, -0.2) is 18.4 Å². The molecular formula is C16H21ClF2N4O3. The smallest absolute Gasteiger partial charge is 0.350 e. The first-order valence-electron chi connectivity index (χ1n) is 7.56. The fourth-order valence-corrected chi connectivity index (χ4v) is 2.19. The summed E-state index contributed by atoms with van der Waals surface area (Å²) in [4.78, 5) is 24.2. The van der Waals surface area contributed by atoms with E-state index in [0.29, 0.717) is 10.7 Å². The minimum absolute atomic E-state index is 0. The third-order valence-electron chi connectivity index (χ3n) is 3.30. The van der Waals surface area contributed by atoms with Gasteiger partial charge >= 0.3 is 11.7 Å². The first kappa shape index (κ1) is 21.8. The number of nitrogens with two attached hydrogens (primary N) is 1. The van der Waals surface area contributed by atoms with Gasteiger partial charge in [0.1, 0.15) is 22.9 Å². The Morgan fingerprint density at radius 3 is 2.31 bits per heavy atom. The van der Waals surface area contributed by atoms with Crippen molar-refractivity contribution in [2.24, 2.45) is 12.8 Å². The minimum Gasteiger partial charge on any atom is -0.456 e. The van der Waals surface area contributed by atoms with E-state index in [0.717, 1.165) is 10.6 Å². The highest BCUT2D eigenvalue weighted by molar-refractivity contribution is 5.90. The third kappa shape index (κ3) is 4.28. The van der Waals surface area contributed by atoms with Crippen molar-refractivity contribution in [2.45, 2.75) is 39.3 Å². The Hall–Kier alpha value is -2.26. The average Bonchev–Trinajstić information content (AvgIpc) is 2.75. The molecular weight excluding hydrogens is 370 g/mol. The lowest BCUT2D eigenvalue weighted by Crippen LogP contribution is -2.26. The van der Waals surface area contributed by atoms with E-state index in [4.69, 9.17) is 10.5 Å². The van der Waals surface area contributed by atoms with E-state index in [2.05, 4.69) is 5.10 Å². The van der Waals surface area contributed by atoms with E-state index in [1.165, 1.54) is 7.05 Å². The summed E-state index contributed by atoms with van der Waals surface area (Å²) in [5.41, 5.74) is 3.18. The highest BCUT2D eigenvalue weighted by atomic mass is 35.5. The molecule has 1 unspecified atom stereocenters. The Labute approximate surface area is 155 Å². The van der Waals surface area contributed by atoms with Gasteiger partial charge in [-0.05, 0) is 33.8 Å². The van der Waals surface area contributed by atoms with Crippen molar-refractivity contribution < 1.29 is 18.3 Å². The van der Waals surface area contributed by atoms with E-state index < -0.39 is 46.2 Å². The lowest BCUT2D eigenvalue weighted by Gasteiger charge is -2.19. The molecule has 1 aromatic heterocycles. The maximum Gasteiger partial charge on any atom is 0.350 e. The second kappa shape index (κ2) is 7.55. The molecule has 0 radical (unpaired) electrons. The van der Waals surface area contributed by atoms with Crippen LogP contribution in [0.1, 0.15) is 49.9 Å². The Morgan fingerprint density at radius 2 is 1.85 bits per heavy atom. The molecule has 2 aromatic rings. The number of nitrogens with zero attached hydrogens (tertiary/aromatic N) is 3. The highest BCUT2D eigenvalue weighted by Crippen LogP contribution is 2.20. The Kier molecular flexibility index (Phi) is 6.32. The molecule has 26 heavy (non-hydrogen) atoms. The van der Waals surface area contributed by atoms with Crippen LogP contribution in [-0.2, 0) is 11.8 Å². The van der Waals surface area contributed by atoms with E-state index >= 15 is 0 Å². The number of benzene rings is 1. The maximum absolute atomic E-state index is 14.4. The van der Waals surface area contributed by atoms with Gasteiger partial charge in [0.05, 0.1) is 11.6 Å². The molecule has 0 aliphatic heterocycles. The summed E-state index contributed by atoms with van der Waals surface area (Å²) in [6.07, 6.45) is 0. The van der Waals surface area contributed by atoms with Crippen molar-refractivity contribution in [1.82, 2.24) is 14.3 Å². The van der Waals surface area contributed by atoms with Crippen LogP contribution in [0.15, 0.2) is 16.9 Å². The van der Waals surface area contributed by atoms with Gasteiger partial charge in [0.15, 0.2) is 5.82 Å². The second-order valence-corrected chi connectivity index (χ2v) is 6.69. The number of hydrogen-bond donors (Lipinski definition) is 1. The zero-order valence-electron chi connectivity index (χ0n) is 15.0. The van der Waals surface area contributed by atoms with Gasteiger partial charge in [-0.15, -0.1) is 17.5 Å². The number of esters is 1. The fourth-order valence-electron chi connectivity index (χ4n) is 2.19. The lowest BCUT2D eigenvalue weighted by atomic mass is 10.1. The van der Waals surface area contributed by atoms with Crippen molar-refractivity contribution in [3.63, 3.8) is 0 Å². The van der Waals surface area contributed by atoms with Gasteiger partial charge < -0.3 is 10.5 Å². The molecule has 0 fully saturated rings. The summed E-state index contributed by atoms with van der Waals surface area (Å²) in [6.45, 7) is 6.43. The molecule has 2 N–H and O–H groups in total. The van der Waals surface area contributed by atoms with Gasteiger partial charge in [-0.2, -0.15) is 4.68 Å². The minimum atomic E-state index is -1.02. The van der Waals surface area contributed by atoms with Crippen molar-refractivity contribution in [2.75, 3.05) is 0 Å².